The topological polar surface area (TPSA) is 159 Å². The summed E-state index contributed by atoms with van der Waals surface area (Å²) in [4.78, 5) is 22.5. The number of ether oxygens (including phenoxy) is 4. The average Bonchev–Trinajstić information content (AvgIpc) is 1.51. The lowest BCUT2D eigenvalue weighted by Gasteiger charge is -2.30. The third-order valence-corrected chi connectivity index (χ3v) is 14.7. The van der Waals surface area contributed by atoms with E-state index in [0.717, 1.165) is 72.3 Å². The number of aromatic nitrogens is 4. The summed E-state index contributed by atoms with van der Waals surface area (Å²) in [6, 6.07) is 41.4. The van der Waals surface area contributed by atoms with Gasteiger partial charge in [-0.2, -0.15) is 0 Å². The quantitative estimate of drug-likeness (QED) is 0.0676. The molecule has 10 aromatic rings. The lowest BCUT2D eigenvalue weighted by molar-refractivity contribution is 0.122. The third kappa shape index (κ3) is 13.3. The third-order valence-electron chi connectivity index (χ3n) is 14.3. The maximum absolute atomic E-state index is 15.4. The van der Waals surface area contributed by atoms with Gasteiger partial charge < -0.3 is 49.4 Å². The van der Waals surface area contributed by atoms with E-state index in [2.05, 4.69) is 58.6 Å². The van der Waals surface area contributed by atoms with Crippen molar-refractivity contribution in [1.82, 2.24) is 19.9 Å². The molecule has 0 atom stereocenters. The number of hydrogen-bond acceptors (Lipinski definition) is 14. The Hall–Kier alpha value is -8.85. The van der Waals surface area contributed by atoms with Gasteiger partial charge in [-0.25, -0.2) is 27.5 Å². The number of fused-ring (bicyclic) bond motifs is 2. The van der Waals surface area contributed by atoms with E-state index in [1.54, 1.807) is 56.9 Å². The molecule has 20 heteroatoms. The van der Waals surface area contributed by atoms with Crippen LogP contribution in [0.4, 0.5) is 51.7 Å². The van der Waals surface area contributed by atoms with Crippen LogP contribution in [0.5, 0.6) is 11.5 Å². The van der Waals surface area contributed by atoms with E-state index in [1.807, 2.05) is 86.6 Å². The van der Waals surface area contributed by atoms with Gasteiger partial charge in [-0.15, -0.1) is 0 Å². The predicted octanol–water partition coefficient (Wildman–Crippen LogP) is 12.6. The van der Waals surface area contributed by atoms with Gasteiger partial charge in [-0.05, 0) is 104 Å². The zero-order valence-corrected chi connectivity index (χ0v) is 47.1. The van der Waals surface area contributed by atoms with E-state index in [4.69, 9.17) is 40.6 Å². The Morgan fingerprint density at radius 2 is 1.00 bits per heavy atom. The highest BCUT2D eigenvalue weighted by Crippen LogP contribution is 2.42. The molecule has 0 bridgehead atoms. The van der Waals surface area contributed by atoms with Crippen LogP contribution < -0.4 is 35.4 Å². The number of morpholine rings is 2. The molecule has 2 aliphatic rings. The number of nitrogens with one attached hydrogen (secondary N) is 2. The number of pyridine rings is 4. The fourth-order valence-corrected chi connectivity index (χ4v) is 10.1. The lowest BCUT2D eigenvalue weighted by Crippen LogP contribution is -2.36. The van der Waals surface area contributed by atoms with Crippen LogP contribution in [0.1, 0.15) is 11.1 Å². The van der Waals surface area contributed by atoms with Crippen LogP contribution in [0.25, 0.3) is 55.7 Å². The summed E-state index contributed by atoms with van der Waals surface area (Å²) in [7, 11) is 1.79. The molecule has 6 aromatic carbocycles. The molecule has 12 rings (SSSR count). The SMILES string of the molecule is COc1ccc(-c2ccc(N3CCOCC3)cc2Nc2c(C)c(-c3ccccn3)nc3cc(F)cc(F)c23)cc1.COc1ccc(B(O)O)cc1.Cc1c(-c2ccccn2)nc2cc(F)cc(F)c2c1Nc1cc(N2CCOCC2)ccc1Cl. The molecule has 0 aliphatic carbocycles. The van der Waals surface area contributed by atoms with Gasteiger partial charge in [-0.3, -0.25) is 9.97 Å². The number of anilines is 6. The van der Waals surface area contributed by atoms with Crippen molar-refractivity contribution in [2.45, 2.75) is 13.8 Å². The number of benzene rings is 6. The highest BCUT2D eigenvalue weighted by molar-refractivity contribution is 6.58. The van der Waals surface area contributed by atoms with Gasteiger partial charge >= 0.3 is 7.12 Å². The van der Waals surface area contributed by atoms with Crippen molar-refractivity contribution in [3.63, 3.8) is 0 Å². The van der Waals surface area contributed by atoms with Crippen LogP contribution in [0.15, 0.2) is 158 Å². The molecule has 0 saturated carbocycles. The second kappa shape index (κ2) is 26.6. The van der Waals surface area contributed by atoms with Gasteiger partial charge in [0, 0.05) is 96.6 Å². The molecule has 428 valence electrons. The van der Waals surface area contributed by atoms with Crippen LogP contribution >= 0.6 is 11.6 Å². The second-order valence-corrected chi connectivity index (χ2v) is 20.0. The predicted molar refractivity (Wildman–Crippen MR) is 325 cm³/mol. The zero-order chi connectivity index (χ0) is 58.9. The number of rotatable bonds is 12. The molecule has 0 radical (unpaired) electrons. The standard InChI is InChI=1S/C32H28F2N4O2.C25H21ClF2N4O.C7H9BO3/c1-20-31(27-5-3-4-12-35-27)37-29-18-22(33)17-26(34)30(29)32(20)36-28-19-23(38-13-15-40-16-14-38)8-11-25(28)21-6-9-24(39-2)10-7-21;1-15-24(20-4-2-3-7-29-20)31-22-13-16(27)12-19(28)23(22)25(15)30-21-14-17(5-6-18(21)26)32-8-10-33-11-9-32;1-11-7-4-2-6(3-5-7)8(9)10/h3-12,17-19H,13-16H2,1-2H3,(H,36,37);2-7,12-14H,8-11H2,1H3,(H,30,31);2-5,9-10H,1H3. The molecule has 2 saturated heterocycles. The van der Waals surface area contributed by atoms with Gasteiger partial charge in [0.2, 0.25) is 0 Å². The second-order valence-electron chi connectivity index (χ2n) is 19.6. The first-order valence-electron chi connectivity index (χ1n) is 27.0. The molecule has 0 unspecified atom stereocenters. The van der Waals surface area contributed by atoms with Crippen molar-refractivity contribution < 1.29 is 46.6 Å². The van der Waals surface area contributed by atoms with Crippen LogP contribution in [0, 0.1) is 37.1 Å². The first-order valence-corrected chi connectivity index (χ1v) is 27.3. The summed E-state index contributed by atoms with van der Waals surface area (Å²) in [5.41, 5.74) is 10.8. The van der Waals surface area contributed by atoms with Crippen molar-refractivity contribution in [3.8, 4) is 45.4 Å². The van der Waals surface area contributed by atoms with E-state index < -0.39 is 30.4 Å². The van der Waals surface area contributed by atoms with E-state index in [1.165, 1.54) is 12.1 Å². The van der Waals surface area contributed by atoms with E-state index in [9.17, 15) is 8.78 Å². The summed E-state index contributed by atoms with van der Waals surface area (Å²) in [5, 5.41) is 25.2. The Morgan fingerprint density at radius 1 is 0.548 bits per heavy atom. The normalized spacial score (nSPS) is 13.1. The van der Waals surface area contributed by atoms with Crippen molar-refractivity contribution in [2.75, 3.05) is 87.3 Å². The summed E-state index contributed by atoms with van der Waals surface area (Å²) < 4.78 is 80.1. The Morgan fingerprint density at radius 3 is 1.45 bits per heavy atom. The number of methoxy groups -OCH3 is 2. The molecule has 14 nitrogen and oxygen atoms in total. The van der Waals surface area contributed by atoms with Crippen LogP contribution in [0.2, 0.25) is 5.02 Å². The molecule has 4 aromatic heterocycles. The van der Waals surface area contributed by atoms with Gasteiger partial charge in [0.15, 0.2) is 0 Å². The largest absolute Gasteiger partial charge is 0.497 e. The van der Waals surface area contributed by atoms with Gasteiger partial charge in [0.25, 0.3) is 0 Å². The van der Waals surface area contributed by atoms with Crippen molar-refractivity contribution >= 4 is 80.1 Å². The molecule has 0 amide bonds. The Bertz CT molecular complexity index is 3920. The van der Waals surface area contributed by atoms with E-state index in [0.29, 0.717) is 93.6 Å². The highest BCUT2D eigenvalue weighted by Gasteiger charge is 2.23. The smallest absolute Gasteiger partial charge is 0.488 e. The highest BCUT2D eigenvalue weighted by atomic mass is 35.5. The monoisotopic (exact) mass is 1160 g/mol. The van der Waals surface area contributed by atoms with Gasteiger partial charge in [0.1, 0.15) is 34.8 Å². The Kier molecular flexibility index (Phi) is 18.5. The van der Waals surface area contributed by atoms with E-state index in [-0.39, 0.29) is 21.8 Å². The minimum absolute atomic E-state index is 0.196. The molecule has 2 fully saturated rings. The summed E-state index contributed by atoms with van der Waals surface area (Å²) in [6.07, 6.45) is 3.33. The van der Waals surface area contributed by atoms with E-state index >= 15 is 8.78 Å². The Labute approximate surface area is 488 Å². The average molecular weight is 1160 g/mol. The van der Waals surface area contributed by atoms with Gasteiger partial charge in [-0.1, -0.05) is 54.1 Å². The fourth-order valence-electron chi connectivity index (χ4n) is 9.98. The number of hydrogen-bond donors (Lipinski definition) is 4. The lowest BCUT2D eigenvalue weighted by atomic mass is 9.80. The zero-order valence-electron chi connectivity index (χ0n) is 46.3. The molecular formula is C64H58BClF4N8O6. The first kappa shape index (κ1) is 58.4. The molecule has 4 N–H and O–H groups in total. The van der Waals surface area contributed by atoms with Crippen molar-refractivity contribution in [1.29, 1.82) is 0 Å². The van der Waals surface area contributed by atoms with Crippen LogP contribution in [-0.2, 0) is 9.47 Å². The van der Waals surface area contributed by atoms with Gasteiger partial charge in [0.05, 0.1) is 107 Å². The molecule has 0 spiro atoms. The molecule has 2 aliphatic heterocycles. The van der Waals surface area contributed by atoms with Crippen LogP contribution in [0.3, 0.4) is 0 Å². The number of nitrogens with zero attached hydrogens (tertiary/aromatic N) is 6. The molecule has 84 heavy (non-hydrogen) atoms. The number of halogens is 5. The summed E-state index contributed by atoms with van der Waals surface area (Å²) in [5.74, 6) is -1.31. The summed E-state index contributed by atoms with van der Waals surface area (Å²) in [6.45, 7) is 9.43. The molecule has 6 heterocycles. The maximum atomic E-state index is 15.4. The first-order chi connectivity index (χ1) is 40.8. The minimum atomic E-state index is -1.40. The Balaban J connectivity index is 0.000000161. The maximum Gasteiger partial charge on any atom is 0.488 e. The minimum Gasteiger partial charge on any atom is -0.497 e. The fraction of sp³-hybridized carbons (Fsp3) is 0.188. The van der Waals surface area contributed by atoms with Crippen molar-refractivity contribution in [2.24, 2.45) is 0 Å². The van der Waals surface area contributed by atoms with Crippen molar-refractivity contribution in [3.05, 3.63) is 197 Å². The molecular weight excluding hydrogens is 1100 g/mol. The van der Waals surface area contributed by atoms with Crippen LogP contribution in [-0.4, -0.2) is 104 Å². The summed E-state index contributed by atoms with van der Waals surface area (Å²) >= 11 is 6.52.